The number of hydrogen-bond acceptors (Lipinski definition) is 4. The molecule has 0 aliphatic rings. The van der Waals surface area contributed by atoms with E-state index in [1.54, 1.807) is 36.5 Å². The second-order valence-electron chi connectivity index (χ2n) is 6.48. The van der Waals surface area contributed by atoms with Crippen LogP contribution in [0, 0.1) is 0 Å². The molecule has 8 heteroatoms. The SMILES string of the molecule is O=C(Nc1ccc(Cn2cccn2)cc1)c1ccc(COc2cc(Cl)ccc2Cl)o1. The maximum atomic E-state index is 12.4. The lowest BCUT2D eigenvalue weighted by atomic mass is 10.2. The van der Waals surface area contributed by atoms with Gasteiger partial charge in [0.2, 0.25) is 0 Å². The normalized spacial score (nSPS) is 10.7. The van der Waals surface area contributed by atoms with Gasteiger partial charge in [-0.3, -0.25) is 9.48 Å². The highest BCUT2D eigenvalue weighted by Gasteiger charge is 2.13. The van der Waals surface area contributed by atoms with Crippen LogP contribution in [0.4, 0.5) is 5.69 Å². The van der Waals surface area contributed by atoms with Gasteiger partial charge in [0.15, 0.2) is 5.76 Å². The molecule has 0 aliphatic heterocycles. The average molecular weight is 442 g/mol. The molecule has 0 saturated heterocycles. The van der Waals surface area contributed by atoms with E-state index in [2.05, 4.69) is 10.4 Å². The van der Waals surface area contributed by atoms with Crippen LogP contribution < -0.4 is 10.1 Å². The van der Waals surface area contributed by atoms with Crippen LogP contribution in [0.15, 0.2) is 77.5 Å². The summed E-state index contributed by atoms with van der Waals surface area (Å²) >= 11 is 12.0. The quantitative estimate of drug-likeness (QED) is 0.401. The third kappa shape index (κ3) is 5.03. The number of anilines is 1. The minimum Gasteiger partial charge on any atom is -0.484 e. The molecule has 1 amide bonds. The zero-order chi connectivity index (χ0) is 20.9. The topological polar surface area (TPSA) is 69.3 Å². The van der Waals surface area contributed by atoms with E-state index in [1.165, 1.54) is 0 Å². The first kappa shape index (κ1) is 20.1. The van der Waals surface area contributed by atoms with Crippen LogP contribution in [0.3, 0.4) is 0 Å². The van der Waals surface area contributed by atoms with Gasteiger partial charge in [0, 0.05) is 29.2 Å². The zero-order valence-electron chi connectivity index (χ0n) is 15.7. The lowest BCUT2D eigenvalue weighted by Gasteiger charge is -2.07. The zero-order valence-corrected chi connectivity index (χ0v) is 17.2. The molecule has 0 fully saturated rings. The number of carbonyl (C=O) groups is 1. The number of hydrogen-bond donors (Lipinski definition) is 1. The van der Waals surface area contributed by atoms with Crippen molar-refractivity contribution in [2.24, 2.45) is 0 Å². The summed E-state index contributed by atoms with van der Waals surface area (Å²) in [6.07, 6.45) is 3.63. The monoisotopic (exact) mass is 441 g/mol. The number of nitrogens with zero attached hydrogens (tertiary/aromatic N) is 2. The summed E-state index contributed by atoms with van der Waals surface area (Å²) in [5.74, 6) is 0.779. The minimum absolute atomic E-state index is 0.121. The molecule has 0 unspecified atom stereocenters. The predicted molar refractivity (Wildman–Crippen MR) is 115 cm³/mol. The number of amides is 1. The van der Waals surface area contributed by atoms with Gasteiger partial charge in [0.25, 0.3) is 5.91 Å². The minimum atomic E-state index is -0.345. The number of nitrogens with one attached hydrogen (secondary N) is 1. The summed E-state index contributed by atoms with van der Waals surface area (Å²) in [5.41, 5.74) is 1.75. The summed E-state index contributed by atoms with van der Waals surface area (Å²) in [4.78, 5) is 12.4. The molecular formula is C22H17Cl2N3O3. The molecule has 0 saturated carbocycles. The predicted octanol–water partition coefficient (Wildman–Crippen LogP) is 5.66. The van der Waals surface area contributed by atoms with Crippen molar-refractivity contribution in [2.45, 2.75) is 13.2 Å². The molecular weight excluding hydrogens is 425 g/mol. The highest BCUT2D eigenvalue weighted by Crippen LogP contribution is 2.28. The standard InChI is InChI=1S/C22H17Cl2N3O3/c23-16-4-8-19(24)21(12-16)29-14-18-7-9-20(30-18)22(28)26-17-5-2-15(3-6-17)13-27-11-1-10-25-27/h1-12H,13-14H2,(H,26,28). The first-order valence-corrected chi connectivity index (χ1v) is 9.87. The molecule has 30 heavy (non-hydrogen) atoms. The maximum Gasteiger partial charge on any atom is 0.291 e. The summed E-state index contributed by atoms with van der Waals surface area (Å²) in [6.45, 7) is 0.787. The fraction of sp³-hybridized carbons (Fsp3) is 0.0909. The first-order valence-electron chi connectivity index (χ1n) is 9.11. The lowest BCUT2D eigenvalue weighted by Crippen LogP contribution is -2.11. The molecule has 4 aromatic rings. The fourth-order valence-corrected chi connectivity index (χ4v) is 3.12. The molecule has 2 aromatic heterocycles. The van der Waals surface area contributed by atoms with E-state index in [-0.39, 0.29) is 18.3 Å². The van der Waals surface area contributed by atoms with E-state index in [4.69, 9.17) is 32.4 Å². The molecule has 0 atom stereocenters. The second-order valence-corrected chi connectivity index (χ2v) is 7.33. The molecule has 4 rings (SSSR count). The summed E-state index contributed by atoms with van der Waals surface area (Å²) in [5, 5.41) is 7.95. The van der Waals surface area contributed by atoms with Gasteiger partial charge in [-0.15, -0.1) is 0 Å². The fourth-order valence-electron chi connectivity index (χ4n) is 2.78. The number of halogens is 2. The van der Waals surface area contributed by atoms with Gasteiger partial charge in [0.1, 0.15) is 18.1 Å². The number of carbonyl (C=O) groups excluding carboxylic acids is 1. The Balaban J connectivity index is 1.34. The van der Waals surface area contributed by atoms with Crippen molar-refractivity contribution in [3.63, 3.8) is 0 Å². The van der Waals surface area contributed by atoms with Gasteiger partial charge >= 0.3 is 0 Å². The van der Waals surface area contributed by atoms with Crippen molar-refractivity contribution in [2.75, 3.05) is 5.32 Å². The van der Waals surface area contributed by atoms with E-state index in [0.29, 0.717) is 33.8 Å². The van der Waals surface area contributed by atoms with Crippen LogP contribution in [-0.4, -0.2) is 15.7 Å². The average Bonchev–Trinajstić information content (AvgIpc) is 3.42. The summed E-state index contributed by atoms with van der Waals surface area (Å²) in [7, 11) is 0. The third-order valence-electron chi connectivity index (χ3n) is 4.26. The third-order valence-corrected chi connectivity index (χ3v) is 4.81. The van der Waals surface area contributed by atoms with Gasteiger partial charge in [-0.2, -0.15) is 5.10 Å². The second kappa shape index (κ2) is 9.07. The van der Waals surface area contributed by atoms with Gasteiger partial charge in [-0.1, -0.05) is 35.3 Å². The molecule has 6 nitrogen and oxygen atoms in total. The highest BCUT2D eigenvalue weighted by molar-refractivity contribution is 6.34. The highest BCUT2D eigenvalue weighted by atomic mass is 35.5. The van der Waals surface area contributed by atoms with Crippen LogP contribution in [0.25, 0.3) is 0 Å². The van der Waals surface area contributed by atoms with Crippen molar-refractivity contribution < 1.29 is 13.9 Å². The number of rotatable bonds is 7. The Morgan fingerprint density at radius 3 is 2.70 bits per heavy atom. The largest absolute Gasteiger partial charge is 0.484 e. The van der Waals surface area contributed by atoms with Gasteiger partial charge < -0.3 is 14.5 Å². The summed E-state index contributed by atoms with van der Waals surface area (Å²) < 4.78 is 13.0. The van der Waals surface area contributed by atoms with E-state index < -0.39 is 0 Å². The van der Waals surface area contributed by atoms with Crippen molar-refractivity contribution in [3.8, 4) is 5.75 Å². The van der Waals surface area contributed by atoms with Crippen LogP contribution in [0.2, 0.25) is 10.0 Å². The van der Waals surface area contributed by atoms with Crippen LogP contribution in [-0.2, 0) is 13.2 Å². The van der Waals surface area contributed by atoms with Gasteiger partial charge in [-0.25, -0.2) is 0 Å². The molecule has 0 bridgehead atoms. The van der Waals surface area contributed by atoms with E-state index in [1.807, 2.05) is 41.2 Å². The molecule has 2 heterocycles. The van der Waals surface area contributed by atoms with Gasteiger partial charge in [0.05, 0.1) is 11.6 Å². The Kier molecular flexibility index (Phi) is 6.07. The van der Waals surface area contributed by atoms with Crippen molar-refractivity contribution in [1.29, 1.82) is 0 Å². The Hall–Kier alpha value is -3.22. The summed E-state index contributed by atoms with van der Waals surface area (Å²) in [6, 6.07) is 17.7. The number of aromatic nitrogens is 2. The van der Waals surface area contributed by atoms with E-state index >= 15 is 0 Å². The van der Waals surface area contributed by atoms with Crippen molar-refractivity contribution in [3.05, 3.63) is 100 Å². The van der Waals surface area contributed by atoms with E-state index in [0.717, 1.165) is 5.56 Å². The Bertz CT molecular complexity index is 1140. The Morgan fingerprint density at radius 2 is 1.93 bits per heavy atom. The van der Waals surface area contributed by atoms with Crippen LogP contribution >= 0.6 is 23.2 Å². The molecule has 0 aliphatic carbocycles. The van der Waals surface area contributed by atoms with Crippen molar-refractivity contribution >= 4 is 34.8 Å². The van der Waals surface area contributed by atoms with Crippen molar-refractivity contribution in [1.82, 2.24) is 9.78 Å². The maximum absolute atomic E-state index is 12.4. The number of furan rings is 1. The molecule has 0 spiro atoms. The molecule has 152 valence electrons. The molecule has 1 N–H and O–H groups in total. The Morgan fingerprint density at radius 1 is 1.10 bits per heavy atom. The van der Waals surface area contributed by atoms with Crippen LogP contribution in [0.5, 0.6) is 5.75 Å². The first-order chi connectivity index (χ1) is 14.6. The molecule has 0 radical (unpaired) electrons. The van der Waals surface area contributed by atoms with Gasteiger partial charge in [-0.05, 0) is 48.0 Å². The van der Waals surface area contributed by atoms with Crippen LogP contribution in [0.1, 0.15) is 21.9 Å². The number of ether oxygens (including phenoxy) is 1. The Labute approximate surface area is 183 Å². The van der Waals surface area contributed by atoms with E-state index in [9.17, 15) is 4.79 Å². The number of benzene rings is 2. The lowest BCUT2D eigenvalue weighted by molar-refractivity contribution is 0.0992. The smallest absolute Gasteiger partial charge is 0.291 e. The molecule has 2 aromatic carbocycles.